The van der Waals surface area contributed by atoms with Gasteiger partial charge in [-0.2, -0.15) is 5.10 Å². The Morgan fingerprint density at radius 3 is 2.79 bits per heavy atom. The number of halogens is 1. The predicted molar refractivity (Wildman–Crippen MR) is 96.2 cm³/mol. The molecule has 1 aromatic heterocycles. The van der Waals surface area contributed by atoms with E-state index >= 15 is 0 Å². The summed E-state index contributed by atoms with van der Waals surface area (Å²) in [6.45, 7) is 0.445. The zero-order valence-corrected chi connectivity index (χ0v) is 15.8. The molecule has 0 aliphatic carbocycles. The molecule has 0 saturated carbocycles. The van der Waals surface area contributed by atoms with Gasteiger partial charge in [-0.1, -0.05) is 28.1 Å². The van der Waals surface area contributed by atoms with Crippen molar-refractivity contribution in [2.45, 2.75) is 18.6 Å². The molecule has 1 amide bonds. The highest BCUT2D eigenvalue weighted by molar-refractivity contribution is 9.10. The number of hydrogen-bond acceptors (Lipinski definition) is 4. The van der Waals surface area contributed by atoms with E-state index in [2.05, 4.69) is 26.3 Å². The van der Waals surface area contributed by atoms with Gasteiger partial charge in [0.1, 0.15) is 5.75 Å². The lowest BCUT2D eigenvalue weighted by atomic mass is 10.2. The summed E-state index contributed by atoms with van der Waals surface area (Å²) < 4.78 is 26.7. The number of nitrogens with one attached hydrogen (secondary N) is 1. The molecule has 0 bridgehead atoms. The summed E-state index contributed by atoms with van der Waals surface area (Å²) in [5.41, 5.74) is 1.75. The minimum atomic E-state index is -3.48. The van der Waals surface area contributed by atoms with Crippen molar-refractivity contribution in [2.24, 2.45) is 7.05 Å². The third kappa shape index (κ3) is 6.45. The first-order valence-electron chi connectivity index (χ1n) is 7.53. The molecule has 0 saturated heterocycles. The molecule has 2 rings (SSSR count). The Kier molecular flexibility index (Phi) is 6.56. The highest BCUT2D eigenvalue weighted by atomic mass is 79.9. The van der Waals surface area contributed by atoms with Gasteiger partial charge in [-0.3, -0.25) is 9.48 Å². The highest BCUT2D eigenvalue weighted by Gasteiger charge is 2.17. The summed E-state index contributed by atoms with van der Waals surface area (Å²) in [7, 11) is -1.63. The Balaban J connectivity index is 1.74. The van der Waals surface area contributed by atoms with Gasteiger partial charge in [-0.15, -0.1) is 0 Å². The van der Waals surface area contributed by atoms with E-state index < -0.39 is 21.5 Å². The predicted octanol–water partition coefficient (Wildman–Crippen LogP) is 1.85. The summed E-state index contributed by atoms with van der Waals surface area (Å²) in [5.74, 6) is -1.10. The molecule has 24 heavy (non-hydrogen) atoms. The lowest BCUT2D eigenvalue weighted by Crippen LogP contribution is -2.31. The summed E-state index contributed by atoms with van der Waals surface area (Å²) in [6, 6.07) is 7.07. The Morgan fingerprint density at radius 1 is 1.33 bits per heavy atom. The van der Waals surface area contributed by atoms with Crippen molar-refractivity contribution in [3.8, 4) is 0 Å². The molecule has 6 nitrogen and oxygen atoms in total. The molecule has 0 aliphatic rings. The van der Waals surface area contributed by atoms with E-state index in [-0.39, 0.29) is 5.75 Å². The molecular formula is C16H20BrN3O3S. The molecule has 1 heterocycles. The topological polar surface area (TPSA) is 81.1 Å². The van der Waals surface area contributed by atoms with E-state index in [9.17, 15) is 13.2 Å². The second-order valence-electron chi connectivity index (χ2n) is 5.64. The molecule has 0 radical (unpaired) electrons. The fourth-order valence-electron chi connectivity index (χ4n) is 2.30. The number of nitrogens with zero attached hydrogens (tertiary/aromatic N) is 2. The molecule has 1 aromatic carbocycles. The quantitative estimate of drug-likeness (QED) is 0.669. The van der Waals surface area contributed by atoms with Crippen molar-refractivity contribution in [1.29, 1.82) is 0 Å². The van der Waals surface area contributed by atoms with Crippen molar-refractivity contribution in [3.63, 3.8) is 0 Å². The number of sulfone groups is 1. The summed E-state index contributed by atoms with van der Waals surface area (Å²) in [5, 5.41) is 6.73. The number of rotatable bonds is 8. The summed E-state index contributed by atoms with van der Waals surface area (Å²) in [6.07, 6.45) is 5.23. The first kappa shape index (κ1) is 18.7. The van der Waals surface area contributed by atoms with Crippen LogP contribution in [0.2, 0.25) is 0 Å². The standard InChI is InChI=1S/C16H20BrN3O3S/c1-20-10-14(9-19-20)5-3-7-18-16(21)12-24(22,23)11-13-4-2-6-15(17)8-13/h2,4,6,8-10H,3,5,7,11-12H2,1H3,(H,18,21). The molecule has 0 unspecified atom stereocenters. The lowest BCUT2D eigenvalue weighted by Gasteiger charge is -2.07. The van der Waals surface area contributed by atoms with E-state index in [1.165, 1.54) is 0 Å². The number of aromatic nitrogens is 2. The molecule has 0 fully saturated rings. The van der Waals surface area contributed by atoms with Crippen molar-refractivity contribution < 1.29 is 13.2 Å². The van der Waals surface area contributed by atoms with Crippen LogP contribution >= 0.6 is 15.9 Å². The van der Waals surface area contributed by atoms with E-state index in [0.717, 1.165) is 22.9 Å². The smallest absolute Gasteiger partial charge is 0.235 e. The number of carbonyl (C=O) groups excluding carboxylic acids is 1. The third-order valence-corrected chi connectivity index (χ3v) is 5.32. The van der Waals surface area contributed by atoms with Crippen LogP contribution in [0.3, 0.4) is 0 Å². The Morgan fingerprint density at radius 2 is 2.12 bits per heavy atom. The molecule has 2 aromatic rings. The van der Waals surface area contributed by atoms with E-state index in [1.54, 1.807) is 29.1 Å². The maximum absolute atomic E-state index is 12.1. The van der Waals surface area contributed by atoms with Gasteiger partial charge in [0.2, 0.25) is 5.91 Å². The Hall–Kier alpha value is -1.67. The van der Waals surface area contributed by atoms with Gasteiger partial charge in [-0.25, -0.2) is 8.42 Å². The van der Waals surface area contributed by atoms with Crippen LogP contribution in [0.25, 0.3) is 0 Å². The first-order valence-corrected chi connectivity index (χ1v) is 10.1. The van der Waals surface area contributed by atoms with Gasteiger partial charge in [0.15, 0.2) is 9.84 Å². The second-order valence-corrected chi connectivity index (χ2v) is 8.62. The Bertz CT molecular complexity index is 802. The van der Waals surface area contributed by atoms with Crippen molar-refractivity contribution >= 4 is 31.7 Å². The largest absolute Gasteiger partial charge is 0.355 e. The van der Waals surface area contributed by atoms with Gasteiger partial charge >= 0.3 is 0 Å². The van der Waals surface area contributed by atoms with Crippen LogP contribution in [0.4, 0.5) is 0 Å². The summed E-state index contributed by atoms with van der Waals surface area (Å²) >= 11 is 3.30. The average Bonchev–Trinajstić information content (AvgIpc) is 2.88. The van der Waals surface area contributed by atoms with Gasteiger partial charge in [0.25, 0.3) is 0 Å². The number of benzene rings is 1. The maximum Gasteiger partial charge on any atom is 0.235 e. The zero-order chi connectivity index (χ0) is 17.6. The van der Waals surface area contributed by atoms with E-state index in [1.807, 2.05) is 19.3 Å². The van der Waals surface area contributed by atoms with Gasteiger partial charge in [0.05, 0.1) is 11.9 Å². The molecule has 130 valence electrons. The van der Waals surface area contributed by atoms with Crippen LogP contribution in [0.1, 0.15) is 17.5 Å². The molecule has 8 heteroatoms. The van der Waals surface area contributed by atoms with Gasteiger partial charge in [-0.05, 0) is 36.1 Å². The first-order chi connectivity index (χ1) is 11.3. The van der Waals surface area contributed by atoms with Crippen molar-refractivity contribution in [2.75, 3.05) is 12.3 Å². The van der Waals surface area contributed by atoms with E-state index in [0.29, 0.717) is 12.1 Å². The number of hydrogen-bond donors (Lipinski definition) is 1. The zero-order valence-electron chi connectivity index (χ0n) is 13.4. The van der Waals surface area contributed by atoms with Gasteiger partial charge in [0, 0.05) is 24.3 Å². The molecule has 0 aliphatic heterocycles. The van der Waals surface area contributed by atoms with Crippen molar-refractivity contribution in [1.82, 2.24) is 15.1 Å². The second kappa shape index (κ2) is 8.43. The normalized spacial score (nSPS) is 11.4. The molecule has 0 spiro atoms. The van der Waals surface area contributed by atoms with Crippen LogP contribution in [-0.2, 0) is 33.9 Å². The molecule has 1 N–H and O–H groups in total. The maximum atomic E-state index is 12.1. The number of aryl methyl sites for hydroxylation is 2. The minimum Gasteiger partial charge on any atom is -0.355 e. The monoisotopic (exact) mass is 413 g/mol. The average molecular weight is 414 g/mol. The fourth-order valence-corrected chi connectivity index (χ4v) is 4.04. The Labute approximate surface area is 150 Å². The van der Waals surface area contributed by atoms with Crippen LogP contribution in [-0.4, -0.2) is 36.4 Å². The molecule has 0 atom stereocenters. The number of carbonyl (C=O) groups is 1. The minimum absolute atomic E-state index is 0.143. The van der Waals surface area contributed by atoms with Crippen LogP contribution in [0.15, 0.2) is 41.1 Å². The van der Waals surface area contributed by atoms with Crippen LogP contribution in [0, 0.1) is 0 Å². The summed E-state index contributed by atoms with van der Waals surface area (Å²) in [4.78, 5) is 11.8. The third-order valence-electron chi connectivity index (χ3n) is 3.35. The number of amides is 1. The van der Waals surface area contributed by atoms with Crippen molar-refractivity contribution in [3.05, 3.63) is 52.3 Å². The highest BCUT2D eigenvalue weighted by Crippen LogP contribution is 2.14. The van der Waals surface area contributed by atoms with Gasteiger partial charge < -0.3 is 5.32 Å². The SMILES string of the molecule is Cn1cc(CCCNC(=O)CS(=O)(=O)Cc2cccc(Br)c2)cn1. The lowest BCUT2D eigenvalue weighted by molar-refractivity contribution is -0.118. The fraction of sp³-hybridized carbons (Fsp3) is 0.375. The van der Waals surface area contributed by atoms with E-state index in [4.69, 9.17) is 0 Å². The van der Waals surface area contributed by atoms with Crippen LogP contribution < -0.4 is 5.32 Å². The molecular weight excluding hydrogens is 394 g/mol. The van der Waals surface area contributed by atoms with Crippen LogP contribution in [0.5, 0.6) is 0 Å².